The normalized spacial score (nSPS) is 11.5. The van der Waals surface area contributed by atoms with E-state index in [0.717, 1.165) is 25.7 Å². The smallest absolute Gasteiger partial charge is 0.290 e. The lowest BCUT2D eigenvalue weighted by Gasteiger charge is -2.26. The molecule has 0 aromatic heterocycles. The van der Waals surface area contributed by atoms with Gasteiger partial charge in [0.1, 0.15) is 0 Å². The Morgan fingerprint density at radius 3 is 1.34 bits per heavy atom. The molecule has 0 fully saturated rings. The van der Waals surface area contributed by atoms with Crippen molar-refractivity contribution in [1.82, 2.24) is 0 Å². The van der Waals surface area contributed by atoms with E-state index in [4.69, 9.17) is 19.6 Å². The van der Waals surface area contributed by atoms with Crippen LogP contribution in [0, 0.1) is 5.41 Å². The molecule has 0 aliphatic rings. The first-order valence-corrected chi connectivity index (χ1v) is 12.7. The van der Waals surface area contributed by atoms with E-state index in [-0.39, 0.29) is 0 Å². The molecule has 6 nitrogen and oxygen atoms in total. The lowest BCUT2D eigenvalue weighted by Crippen LogP contribution is -2.34. The summed E-state index contributed by atoms with van der Waals surface area (Å²) in [5, 5.41) is 0. The van der Waals surface area contributed by atoms with Gasteiger partial charge in [-0.25, -0.2) is 9.59 Å². The molecular formula is C29H40O6. The summed E-state index contributed by atoms with van der Waals surface area (Å²) in [6, 6.07) is 14.5. The molecular weight excluding hydrogens is 444 g/mol. The second-order valence-corrected chi connectivity index (χ2v) is 9.94. The summed E-state index contributed by atoms with van der Waals surface area (Å²) in [5.41, 5.74) is 2.45. The Kier molecular flexibility index (Phi) is 11.9. The fourth-order valence-electron chi connectivity index (χ4n) is 3.35. The second kappa shape index (κ2) is 14.6. The summed E-state index contributed by atoms with van der Waals surface area (Å²) < 4.78 is 0. The van der Waals surface area contributed by atoms with Gasteiger partial charge in [0.25, 0.3) is 6.29 Å². The summed E-state index contributed by atoms with van der Waals surface area (Å²) in [5.74, 6) is -1.29. The molecule has 2 rings (SSSR count). The fourth-order valence-corrected chi connectivity index (χ4v) is 3.35. The molecule has 0 radical (unpaired) electrons. The van der Waals surface area contributed by atoms with E-state index in [1.165, 1.54) is 36.8 Å². The number of carbonyl (C=O) groups is 2. The molecule has 2 aromatic rings. The molecule has 0 amide bonds. The minimum atomic E-state index is -1.11. The third-order valence-electron chi connectivity index (χ3n) is 5.65. The van der Waals surface area contributed by atoms with Crippen LogP contribution in [0.3, 0.4) is 0 Å². The average Bonchev–Trinajstić information content (AvgIpc) is 2.84. The maximum atomic E-state index is 12.4. The Morgan fingerprint density at radius 2 is 1.03 bits per heavy atom. The van der Waals surface area contributed by atoms with E-state index < -0.39 is 23.6 Å². The molecule has 0 saturated heterocycles. The molecule has 0 spiro atoms. The molecule has 0 heterocycles. The van der Waals surface area contributed by atoms with Crippen LogP contribution in [0.2, 0.25) is 0 Å². The average molecular weight is 485 g/mol. The number of rotatable bonds is 14. The highest BCUT2D eigenvalue weighted by Gasteiger charge is 2.32. The monoisotopic (exact) mass is 484 g/mol. The van der Waals surface area contributed by atoms with Crippen LogP contribution in [0.1, 0.15) is 105 Å². The quantitative estimate of drug-likeness (QED) is 0.120. The Labute approximate surface area is 209 Å². The highest BCUT2D eigenvalue weighted by Crippen LogP contribution is 2.25. The third kappa shape index (κ3) is 10.2. The van der Waals surface area contributed by atoms with Crippen LogP contribution in [-0.4, -0.2) is 18.2 Å². The van der Waals surface area contributed by atoms with Gasteiger partial charge < -0.3 is 0 Å². The van der Waals surface area contributed by atoms with Crippen molar-refractivity contribution < 1.29 is 29.1 Å². The minimum absolute atomic E-state index is 0.368. The number of hydrogen-bond acceptors (Lipinski definition) is 6. The highest BCUT2D eigenvalue weighted by atomic mass is 17.3. The van der Waals surface area contributed by atoms with Gasteiger partial charge >= 0.3 is 11.9 Å². The van der Waals surface area contributed by atoms with E-state index >= 15 is 0 Å². The SMILES string of the molecule is CCCCCc1ccc(C(=O)OOC(OOC(=O)c2ccc(CCCCC)cc2)C(C)(C)C)cc1. The molecule has 0 bridgehead atoms. The van der Waals surface area contributed by atoms with Gasteiger partial charge in [0.05, 0.1) is 11.1 Å². The van der Waals surface area contributed by atoms with Crippen molar-refractivity contribution in [3.8, 4) is 0 Å². The lowest BCUT2D eigenvalue weighted by molar-refractivity contribution is -0.442. The van der Waals surface area contributed by atoms with E-state index in [1.807, 2.05) is 45.0 Å². The zero-order valence-electron chi connectivity index (χ0n) is 21.8. The molecule has 2 aromatic carbocycles. The standard InChI is InChI=1S/C29H40O6/c1-6-8-10-12-22-14-18-24(19-15-22)26(30)32-34-28(29(3,4)5)35-33-27(31)25-20-16-23(17-21-25)13-11-9-7-2/h14-21,28H,6-13H2,1-5H3. The molecule has 0 aliphatic carbocycles. The van der Waals surface area contributed by atoms with Crippen LogP contribution in [0.15, 0.2) is 48.5 Å². The van der Waals surface area contributed by atoms with Gasteiger partial charge in [-0.05, 0) is 61.1 Å². The fraction of sp³-hybridized carbons (Fsp3) is 0.517. The van der Waals surface area contributed by atoms with E-state index in [0.29, 0.717) is 11.1 Å². The first-order valence-electron chi connectivity index (χ1n) is 12.7. The van der Waals surface area contributed by atoms with Crippen LogP contribution in [0.4, 0.5) is 0 Å². The van der Waals surface area contributed by atoms with Crippen LogP contribution in [0.5, 0.6) is 0 Å². The van der Waals surface area contributed by atoms with Gasteiger partial charge in [-0.1, -0.05) is 84.6 Å². The molecule has 6 heteroatoms. The Bertz CT molecular complexity index is 827. The summed E-state index contributed by atoms with van der Waals surface area (Å²) in [6.45, 7) is 9.78. The number of unbranched alkanes of at least 4 members (excludes halogenated alkanes) is 4. The van der Waals surface area contributed by atoms with Gasteiger partial charge in [0.15, 0.2) is 0 Å². The van der Waals surface area contributed by atoms with Crippen LogP contribution >= 0.6 is 0 Å². The van der Waals surface area contributed by atoms with Crippen LogP contribution in [0.25, 0.3) is 0 Å². The molecule has 0 unspecified atom stereocenters. The zero-order chi connectivity index (χ0) is 25.7. The van der Waals surface area contributed by atoms with Gasteiger partial charge in [0, 0.05) is 5.41 Å². The molecule has 192 valence electrons. The van der Waals surface area contributed by atoms with Crippen LogP contribution < -0.4 is 0 Å². The lowest BCUT2D eigenvalue weighted by atomic mass is 9.96. The Hall–Kier alpha value is -2.70. The summed E-state index contributed by atoms with van der Waals surface area (Å²) in [7, 11) is 0. The topological polar surface area (TPSA) is 71.1 Å². The Balaban J connectivity index is 1.87. The summed E-state index contributed by atoms with van der Waals surface area (Å²) in [6.07, 6.45) is 7.78. The number of hydrogen-bond donors (Lipinski definition) is 0. The molecule has 0 N–H and O–H groups in total. The van der Waals surface area contributed by atoms with Gasteiger partial charge in [-0.2, -0.15) is 0 Å². The predicted molar refractivity (Wildman–Crippen MR) is 136 cm³/mol. The largest absolute Gasteiger partial charge is 0.373 e. The third-order valence-corrected chi connectivity index (χ3v) is 5.65. The maximum Gasteiger partial charge on any atom is 0.373 e. The maximum absolute atomic E-state index is 12.4. The van der Waals surface area contributed by atoms with Gasteiger partial charge in [-0.15, -0.1) is 9.78 Å². The first-order chi connectivity index (χ1) is 16.7. The van der Waals surface area contributed by atoms with Crippen molar-refractivity contribution in [2.24, 2.45) is 5.41 Å². The zero-order valence-corrected chi connectivity index (χ0v) is 21.8. The summed E-state index contributed by atoms with van der Waals surface area (Å²) >= 11 is 0. The van der Waals surface area contributed by atoms with Crippen LogP contribution in [-0.2, 0) is 32.4 Å². The number of aryl methyl sites for hydroxylation is 2. The summed E-state index contributed by atoms with van der Waals surface area (Å²) in [4.78, 5) is 45.3. The van der Waals surface area contributed by atoms with Crippen molar-refractivity contribution in [2.45, 2.75) is 92.3 Å². The predicted octanol–water partition coefficient (Wildman–Crippen LogP) is 7.40. The van der Waals surface area contributed by atoms with Crippen molar-refractivity contribution >= 4 is 11.9 Å². The van der Waals surface area contributed by atoms with E-state index in [2.05, 4.69) is 13.8 Å². The van der Waals surface area contributed by atoms with Crippen molar-refractivity contribution in [3.63, 3.8) is 0 Å². The molecule has 0 saturated carbocycles. The number of benzene rings is 2. The van der Waals surface area contributed by atoms with E-state index in [1.54, 1.807) is 24.3 Å². The molecule has 0 atom stereocenters. The van der Waals surface area contributed by atoms with Crippen molar-refractivity contribution in [2.75, 3.05) is 0 Å². The van der Waals surface area contributed by atoms with Gasteiger partial charge in [-0.3, -0.25) is 9.78 Å². The number of carbonyl (C=O) groups excluding carboxylic acids is 2. The molecule has 35 heavy (non-hydrogen) atoms. The minimum Gasteiger partial charge on any atom is -0.290 e. The van der Waals surface area contributed by atoms with Gasteiger partial charge in [0.2, 0.25) is 0 Å². The second-order valence-electron chi connectivity index (χ2n) is 9.94. The first kappa shape index (κ1) is 28.5. The Morgan fingerprint density at radius 1 is 0.657 bits per heavy atom. The van der Waals surface area contributed by atoms with Crippen molar-refractivity contribution in [1.29, 1.82) is 0 Å². The highest BCUT2D eigenvalue weighted by molar-refractivity contribution is 5.89. The van der Waals surface area contributed by atoms with Crippen molar-refractivity contribution in [3.05, 3.63) is 70.8 Å². The van der Waals surface area contributed by atoms with E-state index in [9.17, 15) is 9.59 Å². The molecule has 0 aliphatic heterocycles.